The van der Waals surface area contributed by atoms with Crippen molar-refractivity contribution in [3.8, 4) is 0 Å². The van der Waals surface area contributed by atoms with Gasteiger partial charge in [-0.2, -0.15) is 0 Å². The zero-order valence-corrected chi connectivity index (χ0v) is 13.9. The topological polar surface area (TPSA) is 51.2 Å². The Hall–Kier alpha value is -1.94. The van der Waals surface area contributed by atoms with Gasteiger partial charge < -0.3 is 10.1 Å². The molecule has 1 fully saturated rings. The van der Waals surface area contributed by atoms with Crippen molar-refractivity contribution in [1.29, 1.82) is 0 Å². The van der Waals surface area contributed by atoms with Crippen molar-refractivity contribution in [2.24, 2.45) is 5.92 Å². The normalized spacial score (nSPS) is 14.2. The average molecular weight is 312 g/mol. The third-order valence-electron chi connectivity index (χ3n) is 4.21. The minimum Gasteiger partial charge on any atom is -0.381 e. The third-order valence-corrected chi connectivity index (χ3v) is 4.21. The molecule has 122 valence electrons. The van der Waals surface area contributed by atoms with Gasteiger partial charge >= 0.3 is 0 Å². The smallest absolute Gasteiger partial charge is 0.253 e. The molecule has 1 heterocycles. The van der Waals surface area contributed by atoms with E-state index in [0.29, 0.717) is 18.7 Å². The van der Waals surface area contributed by atoms with Gasteiger partial charge in [-0.05, 0) is 57.2 Å². The number of aryl methyl sites for hydroxylation is 2. The fourth-order valence-electron chi connectivity index (χ4n) is 2.63. The summed E-state index contributed by atoms with van der Waals surface area (Å²) in [6.07, 6.45) is 3.46. The summed E-state index contributed by atoms with van der Waals surface area (Å²) in [7, 11) is 0. The van der Waals surface area contributed by atoms with Gasteiger partial charge in [0.2, 0.25) is 0 Å². The summed E-state index contributed by atoms with van der Waals surface area (Å²) in [4.78, 5) is 16.9. The number of fused-ring (bicyclic) bond motifs is 1. The van der Waals surface area contributed by atoms with Crippen LogP contribution >= 0.6 is 0 Å². The number of hydrogen-bond acceptors (Lipinski definition) is 3. The predicted octanol–water partition coefficient (Wildman–Crippen LogP) is 3.40. The summed E-state index contributed by atoms with van der Waals surface area (Å²) in [5.41, 5.74) is 3.52. The molecule has 0 radical (unpaired) electrons. The van der Waals surface area contributed by atoms with Crippen LogP contribution in [-0.2, 0) is 4.74 Å². The summed E-state index contributed by atoms with van der Waals surface area (Å²) >= 11 is 0. The lowest BCUT2D eigenvalue weighted by molar-refractivity contribution is 0.0936. The van der Waals surface area contributed by atoms with Crippen LogP contribution in [0.4, 0.5) is 0 Å². The number of hydrogen-bond donors (Lipinski definition) is 1. The lowest BCUT2D eigenvalue weighted by atomic mass is 10.1. The predicted molar refractivity (Wildman–Crippen MR) is 91.7 cm³/mol. The number of ether oxygens (including phenoxy) is 1. The second-order valence-electron chi connectivity index (χ2n) is 6.45. The van der Waals surface area contributed by atoms with Crippen LogP contribution in [0.15, 0.2) is 24.3 Å². The van der Waals surface area contributed by atoms with Crippen molar-refractivity contribution < 1.29 is 9.53 Å². The Labute approximate surface area is 137 Å². The Balaban J connectivity index is 1.55. The summed E-state index contributed by atoms with van der Waals surface area (Å²) in [5.74, 6) is 0.736. The molecule has 3 rings (SSSR count). The molecular formula is C19H24N2O2. The Morgan fingerprint density at radius 1 is 1.30 bits per heavy atom. The summed E-state index contributed by atoms with van der Waals surface area (Å²) in [6, 6.07) is 8.03. The molecule has 1 aliphatic carbocycles. The zero-order chi connectivity index (χ0) is 16.2. The maximum Gasteiger partial charge on any atom is 0.253 e. The quantitative estimate of drug-likeness (QED) is 0.797. The van der Waals surface area contributed by atoms with Crippen LogP contribution in [0, 0.1) is 19.8 Å². The molecule has 0 atom stereocenters. The molecule has 0 aliphatic heterocycles. The zero-order valence-electron chi connectivity index (χ0n) is 13.9. The molecule has 4 heteroatoms. The molecule has 2 aromatic rings. The van der Waals surface area contributed by atoms with Crippen molar-refractivity contribution in [2.45, 2.75) is 33.1 Å². The first kappa shape index (κ1) is 15.9. The van der Waals surface area contributed by atoms with Gasteiger partial charge in [-0.25, -0.2) is 0 Å². The second-order valence-corrected chi connectivity index (χ2v) is 6.45. The highest BCUT2D eigenvalue weighted by molar-refractivity contribution is 5.98. The standard InChI is InChI=1S/C19H24N2O2/c1-13-4-7-18-16(10-13)11-17(14(2)21-18)19(22)20-8-3-9-23-12-15-5-6-15/h4,7,10-11,15H,3,5-6,8-9,12H2,1-2H3,(H,20,22). The van der Waals surface area contributed by atoms with E-state index in [4.69, 9.17) is 4.74 Å². The molecule has 1 aromatic heterocycles. The van der Waals surface area contributed by atoms with E-state index in [2.05, 4.69) is 16.4 Å². The van der Waals surface area contributed by atoms with E-state index in [9.17, 15) is 4.79 Å². The second kappa shape index (κ2) is 7.09. The van der Waals surface area contributed by atoms with Gasteiger partial charge in [0.25, 0.3) is 5.91 Å². The van der Waals surface area contributed by atoms with Gasteiger partial charge in [-0.15, -0.1) is 0 Å². The monoisotopic (exact) mass is 312 g/mol. The van der Waals surface area contributed by atoms with Crippen molar-refractivity contribution >= 4 is 16.8 Å². The highest BCUT2D eigenvalue weighted by Crippen LogP contribution is 2.28. The third kappa shape index (κ3) is 4.29. The molecular weight excluding hydrogens is 288 g/mol. The van der Waals surface area contributed by atoms with Gasteiger partial charge in [0.15, 0.2) is 0 Å². The van der Waals surface area contributed by atoms with Gasteiger partial charge in [0.05, 0.1) is 16.8 Å². The number of amides is 1. The van der Waals surface area contributed by atoms with E-state index in [0.717, 1.165) is 35.5 Å². The van der Waals surface area contributed by atoms with Crippen LogP contribution in [-0.4, -0.2) is 30.6 Å². The molecule has 1 saturated carbocycles. The summed E-state index contributed by atoms with van der Waals surface area (Å²) in [6.45, 7) is 6.15. The molecule has 23 heavy (non-hydrogen) atoms. The van der Waals surface area contributed by atoms with Crippen LogP contribution in [0.5, 0.6) is 0 Å². The molecule has 1 aromatic carbocycles. The molecule has 4 nitrogen and oxygen atoms in total. The Morgan fingerprint density at radius 2 is 2.13 bits per heavy atom. The minimum atomic E-state index is -0.0550. The molecule has 0 bridgehead atoms. The first-order valence-corrected chi connectivity index (χ1v) is 8.37. The van der Waals surface area contributed by atoms with E-state index in [1.807, 2.05) is 32.0 Å². The van der Waals surface area contributed by atoms with E-state index in [1.54, 1.807) is 0 Å². The number of nitrogens with zero attached hydrogens (tertiary/aromatic N) is 1. The maximum atomic E-state index is 12.4. The van der Waals surface area contributed by atoms with Crippen molar-refractivity contribution in [3.63, 3.8) is 0 Å². The number of carbonyl (C=O) groups is 1. The number of pyridine rings is 1. The lowest BCUT2D eigenvalue weighted by Crippen LogP contribution is -2.26. The van der Waals surface area contributed by atoms with Crippen molar-refractivity contribution in [3.05, 3.63) is 41.1 Å². The fraction of sp³-hybridized carbons (Fsp3) is 0.474. The first-order chi connectivity index (χ1) is 11.1. The highest BCUT2D eigenvalue weighted by Gasteiger charge is 2.20. The Kier molecular flexibility index (Phi) is 4.91. The average Bonchev–Trinajstić information content (AvgIpc) is 3.34. The first-order valence-electron chi connectivity index (χ1n) is 8.37. The molecule has 1 N–H and O–H groups in total. The largest absolute Gasteiger partial charge is 0.381 e. The van der Waals surface area contributed by atoms with Crippen molar-refractivity contribution in [1.82, 2.24) is 10.3 Å². The molecule has 0 saturated heterocycles. The van der Waals surface area contributed by atoms with E-state index in [-0.39, 0.29) is 5.91 Å². The van der Waals surface area contributed by atoms with E-state index in [1.165, 1.54) is 18.4 Å². The summed E-state index contributed by atoms with van der Waals surface area (Å²) < 4.78 is 5.58. The molecule has 1 amide bonds. The Bertz CT molecular complexity index is 708. The van der Waals surface area contributed by atoms with Crippen LogP contribution in [0.2, 0.25) is 0 Å². The van der Waals surface area contributed by atoms with Gasteiger partial charge in [0, 0.05) is 25.1 Å². The molecule has 0 spiro atoms. The number of nitrogens with one attached hydrogen (secondary N) is 1. The Morgan fingerprint density at radius 3 is 2.91 bits per heavy atom. The van der Waals surface area contributed by atoms with E-state index >= 15 is 0 Å². The fourth-order valence-corrected chi connectivity index (χ4v) is 2.63. The number of aromatic nitrogens is 1. The SMILES string of the molecule is Cc1ccc2nc(C)c(C(=O)NCCCOCC3CC3)cc2c1. The summed E-state index contributed by atoms with van der Waals surface area (Å²) in [5, 5.41) is 3.97. The lowest BCUT2D eigenvalue weighted by Gasteiger charge is -2.09. The number of benzene rings is 1. The molecule has 0 unspecified atom stereocenters. The van der Waals surface area contributed by atoms with Crippen LogP contribution in [0.1, 0.15) is 40.9 Å². The van der Waals surface area contributed by atoms with Crippen molar-refractivity contribution in [2.75, 3.05) is 19.8 Å². The van der Waals surface area contributed by atoms with Crippen LogP contribution in [0.3, 0.4) is 0 Å². The number of carbonyl (C=O) groups excluding carboxylic acids is 1. The highest BCUT2D eigenvalue weighted by atomic mass is 16.5. The maximum absolute atomic E-state index is 12.4. The number of rotatable bonds is 7. The van der Waals surface area contributed by atoms with Crippen LogP contribution < -0.4 is 5.32 Å². The van der Waals surface area contributed by atoms with Gasteiger partial charge in [0.1, 0.15) is 0 Å². The van der Waals surface area contributed by atoms with Crippen LogP contribution in [0.25, 0.3) is 10.9 Å². The van der Waals surface area contributed by atoms with Gasteiger partial charge in [-0.1, -0.05) is 11.6 Å². The van der Waals surface area contributed by atoms with E-state index < -0.39 is 0 Å². The van der Waals surface area contributed by atoms with Gasteiger partial charge in [-0.3, -0.25) is 9.78 Å². The minimum absolute atomic E-state index is 0.0550. The molecule has 1 aliphatic rings.